The van der Waals surface area contributed by atoms with Crippen LogP contribution in [-0.2, 0) is 0 Å². The van der Waals surface area contributed by atoms with Crippen LogP contribution in [0.2, 0.25) is 0 Å². The second kappa shape index (κ2) is 2.78. The van der Waals surface area contributed by atoms with Gasteiger partial charge in [-0.25, -0.2) is 0 Å². The standard InChI is InChI=1S/C10H20O/c1-4-9(2,3)7-10(8-11)5-6-10/h11H,4-8H2,1-3H3. The van der Waals surface area contributed by atoms with Gasteiger partial charge in [0.25, 0.3) is 0 Å². The van der Waals surface area contributed by atoms with E-state index in [1.807, 2.05) is 0 Å². The van der Waals surface area contributed by atoms with Crippen LogP contribution < -0.4 is 0 Å². The van der Waals surface area contributed by atoms with E-state index in [0.29, 0.717) is 17.4 Å². The third-order valence-corrected chi connectivity index (χ3v) is 3.10. The van der Waals surface area contributed by atoms with E-state index < -0.39 is 0 Å². The molecular formula is C10H20O. The third kappa shape index (κ3) is 2.19. The quantitative estimate of drug-likeness (QED) is 0.663. The van der Waals surface area contributed by atoms with E-state index in [2.05, 4.69) is 20.8 Å². The minimum absolute atomic E-state index is 0.333. The van der Waals surface area contributed by atoms with Crippen molar-refractivity contribution >= 4 is 0 Å². The first-order valence-corrected chi connectivity index (χ1v) is 4.64. The molecule has 1 rings (SSSR count). The van der Waals surface area contributed by atoms with Crippen molar-refractivity contribution in [2.45, 2.75) is 46.5 Å². The molecule has 0 radical (unpaired) electrons. The molecule has 1 aliphatic carbocycles. The van der Waals surface area contributed by atoms with Crippen LogP contribution in [0.5, 0.6) is 0 Å². The average Bonchev–Trinajstić information content (AvgIpc) is 2.69. The molecule has 1 heteroatoms. The normalized spacial score (nSPS) is 21.8. The van der Waals surface area contributed by atoms with Crippen molar-refractivity contribution in [3.8, 4) is 0 Å². The maximum atomic E-state index is 9.12. The first-order valence-electron chi connectivity index (χ1n) is 4.64. The van der Waals surface area contributed by atoms with Crippen LogP contribution in [0.1, 0.15) is 46.5 Å². The summed E-state index contributed by atoms with van der Waals surface area (Å²) < 4.78 is 0. The summed E-state index contributed by atoms with van der Waals surface area (Å²) in [6.07, 6.45) is 4.90. The van der Waals surface area contributed by atoms with E-state index in [0.717, 1.165) is 0 Å². The van der Waals surface area contributed by atoms with E-state index in [-0.39, 0.29) is 0 Å². The van der Waals surface area contributed by atoms with Crippen LogP contribution in [-0.4, -0.2) is 11.7 Å². The number of hydrogen-bond acceptors (Lipinski definition) is 1. The predicted octanol–water partition coefficient (Wildman–Crippen LogP) is 2.59. The molecule has 0 aliphatic heterocycles. The molecule has 0 unspecified atom stereocenters. The Labute approximate surface area is 69.8 Å². The SMILES string of the molecule is CCC(C)(C)CC1(CO)CC1. The molecule has 1 nitrogen and oxygen atoms in total. The smallest absolute Gasteiger partial charge is 0.0487 e. The molecule has 1 aliphatic rings. The zero-order chi connectivity index (χ0) is 8.54. The lowest BCUT2D eigenvalue weighted by Crippen LogP contribution is -2.19. The summed E-state index contributed by atoms with van der Waals surface area (Å²) in [6, 6.07) is 0. The van der Waals surface area contributed by atoms with Gasteiger partial charge in [-0.3, -0.25) is 0 Å². The van der Waals surface area contributed by atoms with Crippen molar-refractivity contribution in [2.24, 2.45) is 10.8 Å². The number of aliphatic hydroxyl groups is 1. The van der Waals surface area contributed by atoms with Gasteiger partial charge in [0, 0.05) is 6.61 Å². The van der Waals surface area contributed by atoms with Gasteiger partial charge in [-0.05, 0) is 30.1 Å². The van der Waals surface area contributed by atoms with Gasteiger partial charge >= 0.3 is 0 Å². The molecule has 0 bridgehead atoms. The van der Waals surface area contributed by atoms with Crippen LogP contribution in [0.4, 0.5) is 0 Å². The fraction of sp³-hybridized carbons (Fsp3) is 1.00. The van der Waals surface area contributed by atoms with Crippen LogP contribution in [0.3, 0.4) is 0 Å². The molecular weight excluding hydrogens is 136 g/mol. The highest BCUT2D eigenvalue weighted by atomic mass is 16.3. The van der Waals surface area contributed by atoms with Crippen LogP contribution >= 0.6 is 0 Å². The van der Waals surface area contributed by atoms with Gasteiger partial charge in [-0.15, -0.1) is 0 Å². The Balaban J connectivity index is 2.41. The summed E-state index contributed by atoms with van der Waals surface area (Å²) in [5, 5.41) is 9.12. The van der Waals surface area contributed by atoms with Crippen LogP contribution in [0.25, 0.3) is 0 Å². The predicted molar refractivity (Wildman–Crippen MR) is 47.4 cm³/mol. The summed E-state index contributed by atoms with van der Waals surface area (Å²) in [6.45, 7) is 7.22. The van der Waals surface area contributed by atoms with E-state index in [9.17, 15) is 0 Å². The Hall–Kier alpha value is -0.0400. The summed E-state index contributed by atoms with van der Waals surface area (Å²) in [4.78, 5) is 0. The molecule has 11 heavy (non-hydrogen) atoms. The van der Waals surface area contributed by atoms with Crippen molar-refractivity contribution in [3.63, 3.8) is 0 Å². The van der Waals surface area contributed by atoms with Crippen molar-refractivity contribution in [1.29, 1.82) is 0 Å². The van der Waals surface area contributed by atoms with Gasteiger partial charge < -0.3 is 5.11 Å². The second-order valence-electron chi connectivity index (χ2n) is 4.85. The second-order valence-corrected chi connectivity index (χ2v) is 4.85. The van der Waals surface area contributed by atoms with Gasteiger partial charge in [0.2, 0.25) is 0 Å². The van der Waals surface area contributed by atoms with Crippen LogP contribution in [0, 0.1) is 10.8 Å². The molecule has 0 saturated heterocycles. The monoisotopic (exact) mass is 156 g/mol. The Bertz CT molecular complexity index is 130. The molecule has 0 atom stereocenters. The molecule has 1 saturated carbocycles. The van der Waals surface area contributed by atoms with Gasteiger partial charge in [-0.1, -0.05) is 27.2 Å². The molecule has 0 amide bonds. The molecule has 0 heterocycles. The van der Waals surface area contributed by atoms with Gasteiger partial charge in [-0.2, -0.15) is 0 Å². The van der Waals surface area contributed by atoms with Crippen LogP contribution in [0.15, 0.2) is 0 Å². The highest BCUT2D eigenvalue weighted by molar-refractivity contribution is 4.95. The topological polar surface area (TPSA) is 20.2 Å². The van der Waals surface area contributed by atoms with Gasteiger partial charge in [0.15, 0.2) is 0 Å². The number of hydrogen-bond donors (Lipinski definition) is 1. The van der Waals surface area contributed by atoms with E-state index in [1.165, 1.54) is 25.7 Å². The molecule has 1 fully saturated rings. The Morgan fingerprint density at radius 1 is 1.36 bits per heavy atom. The van der Waals surface area contributed by atoms with Crippen molar-refractivity contribution in [1.82, 2.24) is 0 Å². The Morgan fingerprint density at radius 3 is 2.18 bits per heavy atom. The maximum absolute atomic E-state index is 9.12. The highest BCUT2D eigenvalue weighted by Gasteiger charge is 2.44. The largest absolute Gasteiger partial charge is 0.396 e. The number of aliphatic hydroxyl groups excluding tert-OH is 1. The lowest BCUT2D eigenvalue weighted by molar-refractivity contribution is 0.151. The lowest BCUT2D eigenvalue weighted by atomic mass is 9.79. The third-order valence-electron chi connectivity index (χ3n) is 3.10. The van der Waals surface area contributed by atoms with Gasteiger partial charge in [0.1, 0.15) is 0 Å². The molecule has 0 aromatic heterocycles. The van der Waals surface area contributed by atoms with Gasteiger partial charge in [0.05, 0.1) is 0 Å². The van der Waals surface area contributed by atoms with E-state index in [4.69, 9.17) is 5.11 Å². The minimum Gasteiger partial charge on any atom is -0.396 e. The zero-order valence-corrected chi connectivity index (χ0v) is 7.98. The molecule has 0 aromatic carbocycles. The first kappa shape index (κ1) is 9.05. The van der Waals surface area contributed by atoms with E-state index >= 15 is 0 Å². The molecule has 66 valence electrons. The summed E-state index contributed by atoms with van der Waals surface area (Å²) in [5.74, 6) is 0. The van der Waals surface area contributed by atoms with E-state index in [1.54, 1.807) is 0 Å². The summed E-state index contributed by atoms with van der Waals surface area (Å²) >= 11 is 0. The first-order chi connectivity index (χ1) is 5.04. The van der Waals surface area contributed by atoms with Crippen molar-refractivity contribution in [2.75, 3.05) is 6.61 Å². The zero-order valence-electron chi connectivity index (χ0n) is 7.98. The molecule has 0 spiro atoms. The molecule has 1 N–H and O–H groups in total. The van der Waals surface area contributed by atoms with Crippen molar-refractivity contribution < 1.29 is 5.11 Å². The molecule has 0 aromatic rings. The number of rotatable bonds is 4. The van der Waals surface area contributed by atoms with Crippen molar-refractivity contribution in [3.05, 3.63) is 0 Å². The highest BCUT2D eigenvalue weighted by Crippen LogP contribution is 2.53. The lowest BCUT2D eigenvalue weighted by Gasteiger charge is -2.27. The fourth-order valence-electron chi connectivity index (χ4n) is 1.71. The minimum atomic E-state index is 0.333. The summed E-state index contributed by atoms with van der Waals surface area (Å²) in [5.41, 5.74) is 0.763. The fourth-order valence-corrected chi connectivity index (χ4v) is 1.71. The maximum Gasteiger partial charge on any atom is 0.0487 e. The average molecular weight is 156 g/mol. The Kier molecular flexibility index (Phi) is 2.29. The Morgan fingerprint density at radius 2 is 1.91 bits per heavy atom. The summed E-state index contributed by atoms with van der Waals surface area (Å²) in [7, 11) is 0.